The van der Waals surface area contributed by atoms with Crippen molar-refractivity contribution >= 4 is 10.8 Å². The summed E-state index contributed by atoms with van der Waals surface area (Å²) in [6, 6.07) is 30.3. The van der Waals surface area contributed by atoms with Crippen molar-refractivity contribution in [1.29, 1.82) is 0 Å². The van der Waals surface area contributed by atoms with Gasteiger partial charge in [-0.15, -0.1) is 34.9 Å². The number of rotatable bonds is 6. The van der Waals surface area contributed by atoms with Gasteiger partial charge in [0.25, 0.3) is 0 Å². The van der Waals surface area contributed by atoms with Gasteiger partial charge in [0.05, 0.1) is 16.9 Å². The topological polar surface area (TPSA) is 50.9 Å². The Morgan fingerprint density at radius 3 is 1.85 bits per heavy atom. The van der Waals surface area contributed by atoms with E-state index in [2.05, 4.69) is 128 Å². The number of benzene rings is 4. The molecule has 0 aliphatic carbocycles. The van der Waals surface area contributed by atoms with Crippen LogP contribution in [0, 0.1) is 33.8 Å². The van der Waals surface area contributed by atoms with Crippen LogP contribution < -0.4 is 0 Å². The SMILES string of the molecule is Cc1[c-]c(-c2ncc(C(C)C)c3ccccc23)cc(C)c1.Cc1nc(-c2ccccc2O)n(-c2c(C(C)C)cccc2C(C)C)c1C.[Ir]. The minimum absolute atomic E-state index is 0. The van der Waals surface area contributed by atoms with E-state index in [-0.39, 0.29) is 25.9 Å². The molecule has 4 nitrogen and oxygen atoms in total. The molecule has 0 spiro atoms. The van der Waals surface area contributed by atoms with E-state index in [1.807, 2.05) is 31.3 Å². The Morgan fingerprint density at radius 1 is 0.688 bits per heavy atom. The van der Waals surface area contributed by atoms with Crippen LogP contribution in [0.3, 0.4) is 0 Å². The van der Waals surface area contributed by atoms with Gasteiger partial charge in [-0.25, -0.2) is 4.98 Å². The van der Waals surface area contributed by atoms with Crippen molar-refractivity contribution in [1.82, 2.24) is 14.5 Å². The van der Waals surface area contributed by atoms with Gasteiger partial charge in [-0.05, 0) is 76.9 Å². The molecule has 5 heteroatoms. The molecule has 0 fully saturated rings. The van der Waals surface area contributed by atoms with Crippen molar-refractivity contribution in [2.24, 2.45) is 0 Å². The molecule has 0 saturated heterocycles. The van der Waals surface area contributed by atoms with E-state index in [0.29, 0.717) is 17.8 Å². The van der Waals surface area contributed by atoms with Gasteiger partial charge in [-0.2, -0.15) is 0 Å². The van der Waals surface area contributed by atoms with Gasteiger partial charge in [0.1, 0.15) is 11.6 Å². The molecule has 0 unspecified atom stereocenters. The number of phenolic OH excluding ortho intramolecular Hbond substituents is 1. The maximum Gasteiger partial charge on any atom is 0.148 e. The third kappa shape index (κ3) is 7.48. The predicted molar refractivity (Wildman–Crippen MR) is 198 cm³/mol. The summed E-state index contributed by atoms with van der Waals surface area (Å²) in [5.41, 5.74) is 12.5. The second-order valence-corrected chi connectivity index (χ2v) is 13.6. The van der Waals surface area contributed by atoms with E-state index in [9.17, 15) is 5.11 Å². The van der Waals surface area contributed by atoms with Crippen molar-refractivity contribution in [2.45, 2.75) is 87.0 Å². The fourth-order valence-electron chi connectivity index (χ4n) is 6.41. The van der Waals surface area contributed by atoms with E-state index < -0.39 is 0 Å². The quantitative estimate of drug-likeness (QED) is 0.170. The molecule has 0 atom stereocenters. The van der Waals surface area contributed by atoms with Gasteiger partial charge in [0.15, 0.2) is 0 Å². The van der Waals surface area contributed by atoms with Crippen molar-refractivity contribution in [3.8, 4) is 34.1 Å². The third-order valence-electron chi connectivity index (χ3n) is 8.91. The van der Waals surface area contributed by atoms with E-state index in [1.165, 1.54) is 38.7 Å². The molecule has 4 aromatic carbocycles. The van der Waals surface area contributed by atoms with Crippen LogP contribution in [0.25, 0.3) is 39.1 Å². The number of para-hydroxylation sites is 2. The number of hydrogen-bond donors (Lipinski definition) is 1. The molecule has 1 radical (unpaired) electrons. The Morgan fingerprint density at radius 2 is 1.27 bits per heavy atom. The second-order valence-electron chi connectivity index (χ2n) is 13.6. The first-order valence-corrected chi connectivity index (χ1v) is 16.7. The summed E-state index contributed by atoms with van der Waals surface area (Å²) in [7, 11) is 0. The molecular formula is C43H48IrN3O-. The van der Waals surface area contributed by atoms with Crippen molar-refractivity contribution < 1.29 is 25.2 Å². The Kier molecular flexibility index (Phi) is 11.8. The predicted octanol–water partition coefficient (Wildman–Crippen LogP) is 11.5. The van der Waals surface area contributed by atoms with Crippen LogP contribution in [0.15, 0.2) is 85.1 Å². The van der Waals surface area contributed by atoms with Crippen LogP contribution >= 0.6 is 0 Å². The monoisotopic (exact) mass is 815 g/mol. The van der Waals surface area contributed by atoms with Gasteiger partial charge in [0.2, 0.25) is 0 Å². The summed E-state index contributed by atoms with van der Waals surface area (Å²) >= 11 is 0. The van der Waals surface area contributed by atoms with Crippen LogP contribution in [-0.4, -0.2) is 19.6 Å². The average Bonchev–Trinajstić information content (AvgIpc) is 3.32. The molecule has 2 aromatic heterocycles. The number of aryl methyl sites for hydroxylation is 3. The largest absolute Gasteiger partial charge is 0.507 e. The number of imidazole rings is 1. The van der Waals surface area contributed by atoms with Crippen molar-refractivity contribution in [3.63, 3.8) is 0 Å². The smallest absolute Gasteiger partial charge is 0.148 e. The molecule has 48 heavy (non-hydrogen) atoms. The molecule has 0 aliphatic rings. The number of fused-ring (bicyclic) bond motifs is 1. The molecule has 1 N–H and O–H groups in total. The zero-order valence-corrected chi connectivity index (χ0v) is 32.3. The maximum absolute atomic E-state index is 10.4. The Bertz CT molecular complexity index is 1990. The standard InChI is InChI=1S/C23H28N2O.C20H20N.Ir/c1-14(2)18-11-9-12-19(15(3)4)22(18)25-17(6)16(5)24-23(25)20-10-7-8-13-21(20)26;1-13(2)19-12-21-20(18-8-6-5-7-17(18)19)16-10-14(3)9-15(4)11-16;/h7-15,26H,1-6H3;5-10,12-13H,1-4H3;/q;-1;. The Hall–Kier alpha value is -4.05. The number of aromatic nitrogens is 3. The Balaban J connectivity index is 0.000000217. The van der Waals surface area contributed by atoms with E-state index in [4.69, 9.17) is 9.97 Å². The normalized spacial score (nSPS) is 11.2. The third-order valence-corrected chi connectivity index (χ3v) is 8.91. The number of hydrogen-bond acceptors (Lipinski definition) is 3. The van der Waals surface area contributed by atoms with E-state index in [0.717, 1.165) is 39.6 Å². The van der Waals surface area contributed by atoms with Gasteiger partial charge >= 0.3 is 0 Å². The first-order chi connectivity index (χ1) is 22.4. The summed E-state index contributed by atoms with van der Waals surface area (Å²) in [6.45, 7) is 21.7. The molecular weight excluding hydrogens is 767 g/mol. The number of phenols is 1. The number of nitrogens with zero attached hydrogens (tertiary/aromatic N) is 3. The molecule has 6 aromatic rings. The molecule has 0 aliphatic heterocycles. The van der Waals surface area contributed by atoms with Crippen LogP contribution in [-0.2, 0) is 20.1 Å². The van der Waals surface area contributed by atoms with Gasteiger partial charge in [-0.3, -0.25) is 4.57 Å². The van der Waals surface area contributed by atoms with E-state index >= 15 is 0 Å². The summed E-state index contributed by atoms with van der Waals surface area (Å²) in [5, 5.41) is 12.9. The van der Waals surface area contributed by atoms with Crippen LogP contribution in [0.4, 0.5) is 0 Å². The number of pyridine rings is 1. The zero-order chi connectivity index (χ0) is 34.0. The molecule has 0 saturated carbocycles. The first kappa shape index (κ1) is 36.8. The molecule has 2 heterocycles. The minimum atomic E-state index is 0. The molecule has 251 valence electrons. The number of aromatic hydroxyl groups is 1. The van der Waals surface area contributed by atoms with Crippen LogP contribution in [0.2, 0.25) is 0 Å². The second kappa shape index (κ2) is 15.4. The molecule has 6 rings (SSSR count). The minimum Gasteiger partial charge on any atom is -0.507 e. The zero-order valence-electron chi connectivity index (χ0n) is 29.9. The fraction of sp³-hybridized carbons (Fsp3) is 0.302. The average molecular weight is 815 g/mol. The van der Waals surface area contributed by atoms with Gasteiger partial charge in [-0.1, -0.05) is 110 Å². The summed E-state index contributed by atoms with van der Waals surface area (Å²) in [6.07, 6.45) is 2.02. The molecule has 0 amide bonds. The van der Waals surface area contributed by atoms with Crippen LogP contribution in [0.1, 0.15) is 98.5 Å². The van der Waals surface area contributed by atoms with Crippen molar-refractivity contribution in [3.05, 3.63) is 130 Å². The van der Waals surface area contributed by atoms with Gasteiger partial charge in [0, 0.05) is 32.0 Å². The first-order valence-electron chi connectivity index (χ1n) is 16.7. The molecule has 0 bridgehead atoms. The summed E-state index contributed by atoms with van der Waals surface area (Å²) < 4.78 is 2.23. The van der Waals surface area contributed by atoms with E-state index in [1.54, 1.807) is 6.07 Å². The fourth-order valence-corrected chi connectivity index (χ4v) is 6.41. The summed E-state index contributed by atoms with van der Waals surface area (Å²) in [5.74, 6) is 2.31. The maximum atomic E-state index is 10.4. The Labute approximate surface area is 300 Å². The van der Waals surface area contributed by atoms with Crippen LogP contribution in [0.5, 0.6) is 5.75 Å². The van der Waals surface area contributed by atoms with Crippen molar-refractivity contribution in [2.75, 3.05) is 0 Å². The summed E-state index contributed by atoms with van der Waals surface area (Å²) in [4.78, 5) is 9.57. The van der Waals surface area contributed by atoms with Gasteiger partial charge < -0.3 is 10.1 Å².